The molecule has 0 bridgehead atoms. The number of carbonyl (C=O) groups is 1. The number of piperidine rings is 1. The van der Waals surface area contributed by atoms with Crippen LogP contribution in [0.4, 0.5) is 0 Å². The van der Waals surface area contributed by atoms with E-state index < -0.39 is 5.91 Å². The van der Waals surface area contributed by atoms with E-state index in [4.69, 9.17) is 5.73 Å². The zero-order valence-corrected chi connectivity index (χ0v) is 7.07. The van der Waals surface area contributed by atoms with Gasteiger partial charge in [0.1, 0.15) is 0 Å². The van der Waals surface area contributed by atoms with Crippen LogP contribution in [0.25, 0.3) is 0 Å². The highest BCUT2D eigenvalue weighted by Crippen LogP contribution is 2.09. The summed E-state index contributed by atoms with van der Waals surface area (Å²) in [5.74, 6) is -0.393. The molecule has 0 aromatic carbocycles. The Labute approximate surface area is 72.3 Å². The maximum Gasteiger partial charge on any atom is 0.222 e. The Morgan fingerprint density at radius 3 is 3.08 bits per heavy atom. The minimum Gasteiger partial charge on any atom is -0.392 e. The molecule has 1 heterocycles. The van der Waals surface area contributed by atoms with Gasteiger partial charge in [-0.15, -0.1) is 0 Å². The number of β-amino-alcohol motifs (C(OH)–C–C–N with tert-alkyl or cyclic N) is 1. The Morgan fingerprint density at radius 1 is 1.75 bits per heavy atom. The number of aliphatic hydroxyl groups is 1. The molecular formula is C8H15N2O2. The third-order valence-electron chi connectivity index (χ3n) is 2.03. The first kappa shape index (κ1) is 9.48. The average Bonchev–Trinajstić information content (AvgIpc) is 2.01. The fraction of sp³-hybridized carbons (Fsp3) is 0.750. The molecule has 0 aromatic heterocycles. The standard InChI is InChI=1S/C8H15N2O2/c9-8(12)3-5-10-4-1-2-7(11)6-10/h3,7,11H,1-2,4-6H2,(H2,9,12). The molecule has 1 unspecified atom stereocenters. The van der Waals surface area contributed by atoms with E-state index in [1.165, 1.54) is 6.42 Å². The maximum atomic E-state index is 10.4. The summed E-state index contributed by atoms with van der Waals surface area (Å²) in [6, 6.07) is 0. The highest BCUT2D eigenvalue weighted by molar-refractivity contribution is 5.83. The molecular weight excluding hydrogens is 156 g/mol. The van der Waals surface area contributed by atoms with Gasteiger partial charge in [0.15, 0.2) is 0 Å². The van der Waals surface area contributed by atoms with Crippen LogP contribution in [0, 0.1) is 6.42 Å². The lowest BCUT2D eigenvalue weighted by atomic mass is 10.1. The average molecular weight is 171 g/mol. The lowest BCUT2D eigenvalue weighted by molar-refractivity contribution is -0.115. The first-order valence-corrected chi connectivity index (χ1v) is 4.21. The molecule has 1 aliphatic rings. The van der Waals surface area contributed by atoms with Gasteiger partial charge in [0.25, 0.3) is 0 Å². The smallest absolute Gasteiger partial charge is 0.222 e. The summed E-state index contributed by atoms with van der Waals surface area (Å²) in [5.41, 5.74) is 4.96. The first-order valence-electron chi connectivity index (χ1n) is 4.21. The number of likely N-dealkylation sites (tertiary alicyclic amines) is 1. The van der Waals surface area contributed by atoms with Gasteiger partial charge in [-0.2, -0.15) is 0 Å². The van der Waals surface area contributed by atoms with Crippen LogP contribution in [-0.4, -0.2) is 41.7 Å². The van der Waals surface area contributed by atoms with Gasteiger partial charge in [-0.25, -0.2) is 0 Å². The number of hydrogen-bond donors (Lipinski definition) is 2. The normalized spacial score (nSPS) is 25.6. The fourth-order valence-electron chi connectivity index (χ4n) is 1.42. The third-order valence-corrected chi connectivity index (χ3v) is 2.03. The summed E-state index contributed by atoms with van der Waals surface area (Å²) in [5, 5.41) is 9.27. The van der Waals surface area contributed by atoms with Crippen LogP contribution in [0.15, 0.2) is 0 Å². The van der Waals surface area contributed by atoms with Gasteiger partial charge in [-0.3, -0.25) is 9.69 Å². The number of aliphatic hydroxyl groups excluding tert-OH is 1. The van der Waals surface area contributed by atoms with E-state index in [1.807, 2.05) is 4.90 Å². The van der Waals surface area contributed by atoms with Crippen molar-refractivity contribution in [2.75, 3.05) is 19.6 Å². The van der Waals surface area contributed by atoms with Crippen LogP contribution in [0.2, 0.25) is 0 Å². The molecule has 0 aliphatic carbocycles. The molecule has 1 aliphatic heterocycles. The highest BCUT2D eigenvalue weighted by Gasteiger charge is 2.17. The number of nitrogens with two attached hydrogens (primary N) is 1. The van der Waals surface area contributed by atoms with E-state index in [0.29, 0.717) is 13.1 Å². The Balaban J connectivity index is 2.18. The Bertz CT molecular complexity index is 161. The second-order valence-electron chi connectivity index (χ2n) is 3.16. The van der Waals surface area contributed by atoms with Crippen molar-refractivity contribution < 1.29 is 9.90 Å². The van der Waals surface area contributed by atoms with E-state index >= 15 is 0 Å². The second kappa shape index (κ2) is 4.42. The molecule has 1 amide bonds. The van der Waals surface area contributed by atoms with Gasteiger partial charge in [-0.05, 0) is 19.4 Å². The van der Waals surface area contributed by atoms with E-state index in [9.17, 15) is 9.90 Å². The number of rotatable bonds is 3. The minimum atomic E-state index is -0.393. The van der Waals surface area contributed by atoms with Crippen LogP contribution in [0.3, 0.4) is 0 Å². The van der Waals surface area contributed by atoms with Crippen molar-refractivity contribution in [2.24, 2.45) is 5.73 Å². The fourth-order valence-corrected chi connectivity index (χ4v) is 1.42. The number of hydrogen-bond acceptors (Lipinski definition) is 3. The zero-order chi connectivity index (χ0) is 8.97. The molecule has 1 saturated heterocycles. The van der Waals surface area contributed by atoms with Gasteiger partial charge >= 0.3 is 0 Å². The summed E-state index contributed by atoms with van der Waals surface area (Å²) in [6.45, 7) is 2.16. The molecule has 3 N–H and O–H groups in total. The predicted molar refractivity (Wildman–Crippen MR) is 45.2 cm³/mol. The van der Waals surface area contributed by atoms with E-state index in [0.717, 1.165) is 19.4 Å². The summed E-state index contributed by atoms with van der Waals surface area (Å²) in [4.78, 5) is 12.4. The van der Waals surface area contributed by atoms with E-state index in [2.05, 4.69) is 0 Å². The van der Waals surface area contributed by atoms with Crippen molar-refractivity contribution in [2.45, 2.75) is 18.9 Å². The topological polar surface area (TPSA) is 66.6 Å². The molecule has 69 valence electrons. The minimum absolute atomic E-state index is 0.236. The van der Waals surface area contributed by atoms with E-state index in [-0.39, 0.29) is 6.10 Å². The van der Waals surface area contributed by atoms with Crippen molar-refractivity contribution in [1.29, 1.82) is 0 Å². The number of carbonyl (C=O) groups excluding carboxylic acids is 1. The van der Waals surface area contributed by atoms with Crippen molar-refractivity contribution in [3.8, 4) is 0 Å². The lowest BCUT2D eigenvalue weighted by Gasteiger charge is -2.29. The third kappa shape index (κ3) is 3.19. The van der Waals surface area contributed by atoms with Gasteiger partial charge in [0, 0.05) is 13.1 Å². The molecule has 0 aromatic rings. The van der Waals surface area contributed by atoms with Gasteiger partial charge in [0.2, 0.25) is 5.91 Å². The SMILES string of the molecule is NC(=O)[CH]CN1CCCC(O)C1. The summed E-state index contributed by atoms with van der Waals surface area (Å²) in [7, 11) is 0. The number of amides is 1. The van der Waals surface area contributed by atoms with E-state index in [1.54, 1.807) is 0 Å². The number of nitrogens with zero attached hydrogens (tertiary/aromatic N) is 1. The second-order valence-corrected chi connectivity index (χ2v) is 3.16. The highest BCUT2D eigenvalue weighted by atomic mass is 16.3. The summed E-state index contributed by atoms with van der Waals surface area (Å²) in [6.07, 6.45) is 3.07. The number of primary amides is 1. The van der Waals surface area contributed by atoms with Crippen LogP contribution in [0.5, 0.6) is 0 Å². The quantitative estimate of drug-likeness (QED) is 0.580. The first-order chi connectivity index (χ1) is 5.68. The molecule has 4 nitrogen and oxygen atoms in total. The van der Waals surface area contributed by atoms with Gasteiger partial charge in [0.05, 0.1) is 12.5 Å². The molecule has 4 heteroatoms. The predicted octanol–water partition coefficient (Wildman–Crippen LogP) is -0.867. The van der Waals surface area contributed by atoms with Crippen molar-refractivity contribution in [1.82, 2.24) is 4.90 Å². The zero-order valence-electron chi connectivity index (χ0n) is 7.07. The largest absolute Gasteiger partial charge is 0.392 e. The molecule has 1 rings (SSSR count). The van der Waals surface area contributed by atoms with Crippen LogP contribution in [0.1, 0.15) is 12.8 Å². The Kier molecular flexibility index (Phi) is 3.49. The van der Waals surface area contributed by atoms with Crippen molar-refractivity contribution >= 4 is 5.91 Å². The van der Waals surface area contributed by atoms with Gasteiger partial charge < -0.3 is 10.8 Å². The van der Waals surface area contributed by atoms with Gasteiger partial charge in [-0.1, -0.05) is 0 Å². The maximum absolute atomic E-state index is 10.4. The molecule has 1 atom stereocenters. The summed E-state index contributed by atoms with van der Waals surface area (Å²) >= 11 is 0. The lowest BCUT2D eigenvalue weighted by Crippen LogP contribution is -2.39. The monoisotopic (exact) mass is 171 g/mol. The molecule has 1 fully saturated rings. The Hall–Kier alpha value is -0.610. The summed E-state index contributed by atoms with van der Waals surface area (Å²) < 4.78 is 0. The molecule has 0 spiro atoms. The van der Waals surface area contributed by atoms with Crippen molar-refractivity contribution in [3.05, 3.63) is 6.42 Å². The molecule has 12 heavy (non-hydrogen) atoms. The van der Waals surface area contributed by atoms with Crippen LogP contribution in [-0.2, 0) is 4.79 Å². The van der Waals surface area contributed by atoms with Crippen molar-refractivity contribution in [3.63, 3.8) is 0 Å². The molecule has 0 saturated carbocycles. The van der Waals surface area contributed by atoms with Crippen LogP contribution >= 0.6 is 0 Å². The Morgan fingerprint density at radius 2 is 2.50 bits per heavy atom. The molecule has 1 radical (unpaired) electrons. The van der Waals surface area contributed by atoms with Crippen LogP contribution < -0.4 is 5.73 Å².